The summed E-state index contributed by atoms with van der Waals surface area (Å²) < 4.78 is 26.3. The molecule has 3 atom stereocenters. The average Bonchev–Trinajstić information content (AvgIpc) is 2.59. The Kier molecular flexibility index (Phi) is 8.77. The van der Waals surface area contributed by atoms with Crippen LogP contribution >= 0.6 is 0 Å². The highest BCUT2D eigenvalue weighted by atomic mass is 16.5. The van der Waals surface area contributed by atoms with Crippen molar-refractivity contribution in [3.63, 3.8) is 0 Å². The van der Waals surface area contributed by atoms with E-state index in [2.05, 4.69) is 11.6 Å². The van der Waals surface area contributed by atoms with E-state index in [1.807, 2.05) is 30.4 Å². The summed E-state index contributed by atoms with van der Waals surface area (Å²) >= 11 is 0. The molecular formula is C17H25BO5. The molecule has 126 valence electrons. The minimum absolute atomic E-state index is 0.0800. The maximum absolute atomic E-state index is 5.68. The van der Waals surface area contributed by atoms with E-state index in [0.717, 1.165) is 17.1 Å². The molecule has 0 aliphatic carbocycles. The molecule has 2 radical (unpaired) electrons. The van der Waals surface area contributed by atoms with Crippen LogP contribution in [0.3, 0.4) is 0 Å². The molecule has 5 nitrogen and oxygen atoms in total. The summed E-state index contributed by atoms with van der Waals surface area (Å²) in [6.07, 6.45) is 3.54. The number of hydrogen-bond donors (Lipinski definition) is 0. The van der Waals surface area contributed by atoms with Gasteiger partial charge in [-0.25, -0.2) is 0 Å². The molecule has 0 spiro atoms. The van der Waals surface area contributed by atoms with Crippen molar-refractivity contribution in [2.24, 2.45) is 5.92 Å². The van der Waals surface area contributed by atoms with Crippen molar-refractivity contribution in [1.82, 2.24) is 0 Å². The van der Waals surface area contributed by atoms with Gasteiger partial charge >= 0.3 is 0 Å². The van der Waals surface area contributed by atoms with Crippen molar-refractivity contribution < 1.29 is 23.6 Å². The van der Waals surface area contributed by atoms with Crippen LogP contribution in [0.25, 0.3) is 0 Å². The normalized spacial score (nSPS) is 15.3. The highest BCUT2D eigenvalue weighted by Gasteiger charge is 2.22. The third kappa shape index (κ3) is 5.57. The fraction of sp³-hybridized carbons (Fsp3) is 0.529. The predicted octanol–water partition coefficient (Wildman–Crippen LogP) is 2.70. The van der Waals surface area contributed by atoms with Gasteiger partial charge in [0.15, 0.2) is 0 Å². The lowest BCUT2D eigenvalue weighted by molar-refractivity contribution is 0.0695. The topological polar surface area (TPSA) is 46.2 Å². The second kappa shape index (κ2) is 10.3. The molecule has 0 unspecified atom stereocenters. The van der Waals surface area contributed by atoms with Crippen molar-refractivity contribution in [3.8, 4) is 11.5 Å². The van der Waals surface area contributed by atoms with Gasteiger partial charge in [-0.2, -0.15) is 0 Å². The summed E-state index contributed by atoms with van der Waals surface area (Å²) in [5.41, 5.74) is 0.926. The third-order valence-corrected chi connectivity index (χ3v) is 3.67. The summed E-state index contributed by atoms with van der Waals surface area (Å²) in [4.78, 5) is 0. The first-order valence-electron chi connectivity index (χ1n) is 7.38. The number of rotatable bonds is 10. The lowest BCUT2D eigenvalue weighted by Crippen LogP contribution is -2.16. The van der Waals surface area contributed by atoms with E-state index in [9.17, 15) is 0 Å². The molecule has 0 saturated carbocycles. The van der Waals surface area contributed by atoms with Crippen molar-refractivity contribution in [3.05, 3.63) is 35.9 Å². The van der Waals surface area contributed by atoms with Crippen LogP contribution in [0, 0.1) is 5.92 Å². The Hall–Kier alpha value is -1.50. The average molecular weight is 320 g/mol. The van der Waals surface area contributed by atoms with Crippen molar-refractivity contribution in [2.45, 2.75) is 19.1 Å². The molecule has 0 aliphatic rings. The molecule has 6 heteroatoms. The number of benzene rings is 1. The minimum Gasteiger partial charge on any atom is -0.497 e. The molecule has 0 saturated heterocycles. The van der Waals surface area contributed by atoms with E-state index < -0.39 is 0 Å². The molecule has 0 aromatic heterocycles. The van der Waals surface area contributed by atoms with Gasteiger partial charge in [0.05, 0.1) is 33.0 Å². The third-order valence-electron chi connectivity index (χ3n) is 3.67. The zero-order chi connectivity index (χ0) is 17.2. The van der Waals surface area contributed by atoms with Crippen molar-refractivity contribution in [1.29, 1.82) is 0 Å². The van der Waals surface area contributed by atoms with Gasteiger partial charge in [0.25, 0.3) is 8.05 Å². The zero-order valence-electron chi connectivity index (χ0n) is 14.4. The maximum Gasteiger partial charge on any atom is 0.282 e. The maximum atomic E-state index is 5.68. The van der Waals surface area contributed by atoms with Crippen LogP contribution in [0.5, 0.6) is 11.5 Å². The van der Waals surface area contributed by atoms with Crippen LogP contribution in [0.1, 0.15) is 18.6 Å². The molecule has 1 rings (SSSR count). The van der Waals surface area contributed by atoms with E-state index in [4.69, 9.17) is 27.0 Å². The van der Waals surface area contributed by atoms with Crippen molar-refractivity contribution in [2.75, 3.05) is 35.0 Å². The van der Waals surface area contributed by atoms with E-state index in [-0.39, 0.29) is 18.1 Å². The Bertz CT molecular complexity index is 492. The smallest absolute Gasteiger partial charge is 0.282 e. The van der Waals surface area contributed by atoms with Crippen molar-refractivity contribution >= 4 is 8.05 Å². The van der Waals surface area contributed by atoms with Crippen LogP contribution in [0.15, 0.2) is 30.4 Å². The Morgan fingerprint density at radius 1 is 1.04 bits per heavy atom. The van der Waals surface area contributed by atoms with Gasteiger partial charge in [-0.1, -0.05) is 19.1 Å². The Morgan fingerprint density at radius 3 is 2.30 bits per heavy atom. The Morgan fingerprint density at radius 2 is 1.78 bits per heavy atom. The molecule has 0 N–H and O–H groups in total. The van der Waals surface area contributed by atoms with E-state index in [1.165, 1.54) is 0 Å². The second-order valence-electron chi connectivity index (χ2n) is 5.12. The largest absolute Gasteiger partial charge is 0.497 e. The summed E-state index contributed by atoms with van der Waals surface area (Å²) in [6, 6.07) is 5.65. The highest BCUT2D eigenvalue weighted by molar-refractivity contribution is 5.97. The van der Waals surface area contributed by atoms with Gasteiger partial charge < -0.3 is 23.6 Å². The van der Waals surface area contributed by atoms with Gasteiger partial charge in [0.1, 0.15) is 11.5 Å². The van der Waals surface area contributed by atoms with Crippen LogP contribution in [-0.2, 0) is 14.1 Å². The Balaban J connectivity index is 3.00. The summed E-state index contributed by atoms with van der Waals surface area (Å²) in [5, 5.41) is 0. The molecule has 0 aliphatic heterocycles. The van der Waals surface area contributed by atoms with E-state index in [0.29, 0.717) is 6.61 Å². The first-order chi connectivity index (χ1) is 11.1. The number of ether oxygens (including phenoxy) is 4. The van der Waals surface area contributed by atoms with Gasteiger partial charge in [-0.15, -0.1) is 0 Å². The molecule has 1 aromatic rings. The summed E-state index contributed by atoms with van der Waals surface area (Å²) in [6.45, 7) is 2.35. The van der Waals surface area contributed by atoms with Gasteiger partial charge in [-0.3, -0.25) is 0 Å². The molecule has 0 fully saturated rings. The molecule has 0 bridgehead atoms. The second-order valence-corrected chi connectivity index (χ2v) is 5.12. The first kappa shape index (κ1) is 19.6. The SMILES string of the molecule is [B]OC[C@H](/C=C/[C@H](C)[C@@H](OC)c1cc(OC)ccc1OC)OC. The lowest BCUT2D eigenvalue weighted by atomic mass is 9.95. The molecule has 0 heterocycles. The molecule has 1 aromatic carbocycles. The lowest BCUT2D eigenvalue weighted by Gasteiger charge is -2.23. The van der Waals surface area contributed by atoms with Gasteiger partial charge in [0, 0.05) is 25.7 Å². The molecule has 0 amide bonds. The number of hydrogen-bond acceptors (Lipinski definition) is 5. The Labute approximate surface area is 140 Å². The fourth-order valence-electron chi connectivity index (χ4n) is 2.38. The predicted molar refractivity (Wildman–Crippen MR) is 90.1 cm³/mol. The van der Waals surface area contributed by atoms with E-state index >= 15 is 0 Å². The molecule has 23 heavy (non-hydrogen) atoms. The van der Waals surface area contributed by atoms with Crippen LogP contribution < -0.4 is 9.47 Å². The van der Waals surface area contributed by atoms with Crippen LogP contribution in [0.4, 0.5) is 0 Å². The van der Waals surface area contributed by atoms with E-state index in [1.54, 1.807) is 28.4 Å². The quantitative estimate of drug-likeness (QED) is 0.490. The monoisotopic (exact) mass is 320 g/mol. The van der Waals surface area contributed by atoms with Crippen LogP contribution in [0.2, 0.25) is 0 Å². The molecular weight excluding hydrogens is 295 g/mol. The summed E-state index contributed by atoms with van der Waals surface area (Å²) in [7, 11) is 11.6. The summed E-state index contributed by atoms with van der Waals surface area (Å²) in [5.74, 6) is 1.59. The van der Waals surface area contributed by atoms with Crippen LogP contribution in [-0.4, -0.2) is 49.2 Å². The fourth-order valence-corrected chi connectivity index (χ4v) is 2.38. The van der Waals surface area contributed by atoms with Gasteiger partial charge in [-0.05, 0) is 18.2 Å². The van der Waals surface area contributed by atoms with Gasteiger partial charge in [0.2, 0.25) is 0 Å². The number of methoxy groups -OCH3 is 4. The first-order valence-corrected chi connectivity index (χ1v) is 7.38. The minimum atomic E-state index is -0.202. The standard InChI is InChI=1S/C17H25BO5/c1-12(6-7-14(20-3)11-23-18)17(22-5)15-10-13(19-2)8-9-16(15)21-4/h6-10,12,14,17H,11H2,1-5H3/b7-6+/t12-,14-,17+/m0/s1. The zero-order valence-corrected chi connectivity index (χ0v) is 14.4. The highest BCUT2D eigenvalue weighted by Crippen LogP contribution is 2.35.